The molecule has 1 unspecified atom stereocenters. The normalized spacial score (nSPS) is 31.2. The van der Waals surface area contributed by atoms with E-state index in [0.29, 0.717) is 0 Å². The molecule has 5 nitrogen and oxygen atoms in total. The summed E-state index contributed by atoms with van der Waals surface area (Å²) in [5.41, 5.74) is 0. The van der Waals surface area contributed by atoms with Crippen molar-refractivity contribution >= 4 is 11.9 Å². The molecule has 1 saturated carbocycles. The summed E-state index contributed by atoms with van der Waals surface area (Å²) in [6.07, 6.45) is 3.64. The molecule has 1 N–H and O–H groups in total. The number of carbonyl (C=O) groups is 2. The van der Waals surface area contributed by atoms with Gasteiger partial charge < -0.3 is 10.2 Å². The molecule has 2 aliphatic heterocycles. The Labute approximate surface area is 94.8 Å². The minimum Gasteiger partial charge on any atom is -0.329 e. The molecule has 3 aliphatic rings. The van der Waals surface area contributed by atoms with E-state index in [2.05, 4.69) is 10.2 Å². The monoisotopic (exact) mass is 223 g/mol. The molecule has 0 spiro atoms. The van der Waals surface area contributed by atoms with Crippen LogP contribution in [-0.2, 0) is 4.79 Å². The topological polar surface area (TPSA) is 52.7 Å². The molecule has 3 fully saturated rings. The smallest absolute Gasteiger partial charge is 0.324 e. The molecule has 3 rings (SSSR count). The Morgan fingerprint density at radius 1 is 1.25 bits per heavy atom. The van der Waals surface area contributed by atoms with Crippen LogP contribution in [0.25, 0.3) is 0 Å². The van der Waals surface area contributed by atoms with Gasteiger partial charge in [0.25, 0.3) is 0 Å². The van der Waals surface area contributed by atoms with Crippen LogP contribution < -0.4 is 5.32 Å². The number of imide groups is 1. The van der Waals surface area contributed by atoms with Gasteiger partial charge in [-0.15, -0.1) is 0 Å². The SMILES string of the molecule is O=C1CNC(=O)N1C1CCN(CC2CC2)C1. The third-order valence-electron chi connectivity index (χ3n) is 3.70. The van der Waals surface area contributed by atoms with Gasteiger partial charge in [-0.05, 0) is 25.2 Å². The quantitative estimate of drug-likeness (QED) is 0.686. The van der Waals surface area contributed by atoms with E-state index in [1.54, 1.807) is 0 Å². The van der Waals surface area contributed by atoms with Crippen LogP contribution in [0.3, 0.4) is 0 Å². The van der Waals surface area contributed by atoms with Gasteiger partial charge in [-0.1, -0.05) is 0 Å². The van der Waals surface area contributed by atoms with E-state index in [1.165, 1.54) is 17.7 Å². The molecule has 0 bridgehead atoms. The van der Waals surface area contributed by atoms with E-state index in [0.717, 1.165) is 32.0 Å². The van der Waals surface area contributed by atoms with Crippen LogP contribution in [0.4, 0.5) is 4.79 Å². The van der Waals surface area contributed by atoms with E-state index < -0.39 is 0 Å². The number of likely N-dealkylation sites (tertiary alicyclic amines) is 1. The summed E-state index contributed by atoms with van der Waals surface area (Å²) in [7, 11) is 0. The van der Waals surface area contributed by atoms with Crippen molar-refractivity contribution in [3.8, 4) is 0 Å². The van der Waals surface area contributed by atoms with Crippen molar-refractivity contribution in [1.82, 2.24) is 15.1 Å². The fraction of sp³-hybridized carbons (Fsp3) is 0.818. The van der Waals surface area contributed by atoms with Gasteiger partial charge in [0.15, 0.2) is 0 Å². The fourth-order valence-electron chi connectivity index (χ4n) is 2.66. The highest BCUT2D eigenvalue weighted by Gasteiger charge is 2.39. The second-order valence-electron chi connectivity index (χ2n) is 5.07. The van der Waals surface area contributed by atoms with E-state index in [4.69, 9.17) is 0 Å². The minimum atomic E-state index is -0.205. The summed E-state index contributed by atoms with van der Waals surface area (Å²) in [6, 6.07) is -0.1000. The van der Waals surface area contributed by atoms with Gasteiger partial charge >= 0.3 is 6.03 Å². The largest absolute Gasteiger partial charge is 0.329 e. The molecule has 0 aromatic rings. The Morgan fingerprint density at radius 2 is 2.06 bits per heavy atom. The van der Waals surface area contributed by atoms with Crippen LogP contribution in [-0.4, -0.2) is 54.0 Å². The third kappa shape index (κ3) is 1.80. The van der Waals surface area contributed by atoms with Crippen LogP contribution in [0, 0.1) is 5.92 Å². The van der Waals surface area contributed by atoms with Crippen LogP contribution in [0.1, 0.15) is 19.3 Å². The third-order valence-corrected chi connectivity index (χ3v) is 3.70. The number of urea groups is 1. The molecule has 0 aromatic heterocycles. The number of nitrogens with one attached hydrogen (secondary N) is 1. The second-order valence-corrected chi connectivity index (χ2v) is 5.07. The first-order valence-electron chi connectivity index (χ1n) is 6.06. The molecule has 2 heterocycles. The standard InChI is InChI=1S/C11H17N3O2/c15-10-5-12-11(16)14(10)9-3-4-13(7-9)6-8-1-2-8/h8-9H,1-7H2,(H,12,16). The highest BCUT2D eigenvalue weighted by Crippen LogP contribution is 2.31. The van der Waals surface area contributed by atoms with Crippen LogP contribution in [0.15, 0.2) is 0 Å². The average Bonchev–Trinajstić information content (AvgIpc) is 2.84. The van der Waals surface area contributed by atoms with Crippen LogP contribution in [0.2, 0.25) is 0 Å². The van der Waals surface area contributed by atoms with Gasteiger partial charge in [-0.2, -0.15) is 0 Å². The number of rotatable bonds is 3. The lowest BCUT2D eigenvalue weighted by atomic mass is 10.2. The maximum absolute atomic E-state index is 11.5. The van der Waals surface area contributed by atoms with Crippen molar-refractivity contribution in [2.45, 2.75) is 25.3 Å². The van der Waals surface area contributed by atoms with E-state index in [9.17, 15) is 9.59 Å². The van der Waals surface area contributed by atoms with Gasteiger partial charge in [0.1, 0.15) is 0 Å². The Balaban J connectivity index is 1.59. The Kier molecular flexibility index (Phi) is 2.35. The minimum absolute atomic E-state index is 0.0664. The summed E-state index contributed by atoms with van der Waals surface area (Å²) in [4.78, 5) is 26.8. The number of nitrogens with zero attached hydrogens (tertiary/aromatic N) is 2. The molecule has 2 saturated heterocycles. The van der Waals surface area contributed by atoms with Crippen LogP contribution >= 0.6 is 0 Å². The Hall–Kier alpha value is -1.10. The first-order chi connectivity index (χ1) is 7.74. The number of hydrogen-bond donors (Lipinski definition) is 1. The number of carbonyl (C=O) groups excluding carboxylic acids is 2. The lowest BCUT2D eigenvalue weighted by molar-refractivity contribution is -0.126. The van der Waals surface area contributed by atoms with E-state index >= 15 is 0 Å². The van der Waals surface area contributed by atoms with Gasteiger partial charge in [-0.25, -0.2) is 4.79 Å². The Bertz CT molecular complexity index is 311. The van der Waals surface area contributed by atoms with E-state index in [-0.39, 0.29) is 24.5 Å². The predicted octanol–water partition coefficient (Wildman–Crippen LogP) is 0.0225. The van der Waals surface area contributed by atoms with E-state index in [1.807, 2.05) is 0 Å². The molecule has 0 aromatic carbocycles. The zero-order chi connectivity index (χ0) is 11.1. The summed E-state index contributed by atoms with van der Waals surface area (Å²) in [5, 5.41) is 2.58. The van der Waals surface area contributed by atoms with Crippen molar-refractivity contribution in [2.24, 2.45) is 5.92 Å². The molecule has 1 atom stereocenters. The second kappa shape index (κ2) is 3.73. The van der Waals surface area contributed by atoms with Crippen molar-refractivity contribution in [3.05, 3.63) is 0 Å². The molecular weight excluding hydrogens is 206 g/mol. The lowest BCUT2D eigenvalue weighted by Gasteiger charge is -2.21. The zero-order valence-electron chi connectivity index (χ0n) is 9.32. The maximum atomic E-state index is 11.5. The van der Waals surface area contributed by atoms with Gasteiger partial charge in [0, 0.05) is 19.6 Å². The first-order valence-corrected chi connectivity index (χ1v) is 6.06. The lowest BCUT2D eigenvalue weighted by Crippen LogP contribution is -2.42. The van der Waals surface area contributed by atoms with Gasteiger partial charge in [-0.3, -0.25) is 9.69 Å². The molecule has 5 heteroatoms. The van der Waals surface area contributed by atoms with Crippen molar-refractivity contribution in [2.75, 3.05) is 26.2 Å². The number of hydrogen-bond acceptors (Lipinski definition) is 3. The average molecular weight is 223 g/mol. The maximum Gasteiger partial charge on any atom is 0.324 e. The number of amides is 3. The molecule has 3 amide bonds. The van der Waals surface area contributed by atoms with Crippen molar-refractivity contribution in [1.29, 1.82) is 0 Å². The fourth-order valence-corrected chi connectivity index (χ4v) is 2.66. The molecule has 1 aliphatic carbocycles. The van der Waals surface area contributed by atoms with Gasteiger partial charge in [0.2, 0.25) is 5.91 Å². The van der Waals surface area contributed by atoms with Crippen molar-refractivity contribution < 1.29 is 9.59 Å². The van der Waals surface area contributed by atoms with Gasteiger partial charge in [0.05, 0.1) is 12.6 Å². The van der Waals surface area contributed by atoms with Crippen LogP contribution in [0.5, 0.6) is 0 Å². The summed E-state index contributed by atoms with van der Waals surface area (Å²) in [5.74, 6) is 0.810. The highest BCUT2D eigenvalue weighted by atomic mass is 16.2. The summed E-state index contributed by atoms with van der Waals surface area (Å²) in [6.45, 7) is 3.23. The zero-order valence-corrected chi connectivity index (χ0v) is 9.32. The summed E-state index contributed by atoms with van der Waals surface area (Å²) >= 11 is 0. The predicted molar refractivity (Wildman–Crippen MR) is 57.8 cm³/mol. The first kappa shape index (κ1) is 10.1. The van der Waals surface area contributed by atoms with Crippen molar-refractivity contribution in [3.63, 3.8) is 0 Å². The molecule has 88 valence electrons. The molecular formula is C11H17N3O2. The molecule has 0 radical (unpaired) electrons. The molecule has 16 heavy (non-hydrogen) atoms. The summed E-state index contributed by atoms with van der Waals surface area (Å²) < 4.78 is 0. The highest BCUT2D eigenvalue weighted by molar-refractivity contribution is 6.02. The Morgan fingerprint density at radius 3 is 2.69 bits per heavy atom.